The molecule has 0 saturated heterocycles. The summed E-state index contributed by atoms with van der Waals surface area (Å²) in [7, 11) is 0. The van der Waals surface area contributed by atoms with Gasteiger partial charge in [0, 0.05) is 11.0 Å². The number of rotatable bonds is 2. The summed E-state index contributed by atoms with van der Waals surface area (Å²) >= 11 is 3.41. The Morgan fingerprint density at radius 1 is 1.59 bits per heavy atom. The van der Waals surface area contributed by atoms with E-state index in [1.54, 1.807) is 6.07 Å². The summed E-state index contributed by atoms with van der Waals surface area (Å²) in [4.78, 5) is 6.32. The van der Waals surface area contributed by atoms with Gasteiger partial charge in [0.1, 0.15) is 5.82 Å². The third-order valence-corrected chi connectivity index (χ3v) is 3.90. The molecule has 0 aromatic heterocycles. The molecule has 2 rings (SSSR count). The van der Waals surface area contributed by atoms with E-state index in [4.69, 9.17) is 5.73 Å². The molecule has 1 heterocycles. The van der Waals surface area contributed by atoms with E-state index in [1.807, 2.05) is 11.8 Å². The summed E-state index contributed by atoms with van der Waals surface area (Å²) in [5.41, 5.74) is 6.57. The highest BCUT2D eigenvalue weighted by Crippen LogP contribution is 2.36. The van der Waals surface area contributed by atoms with Crippen molar-refractivity contribution in [1.82, 2.24) is 4.90 Å². The van der Waals surface area contributed by atoms with Crippen molar-refractivity contribution in [3.63, 3.8) is 0 Å². The Kier molecular flexibility index (Phi) is 3.12. The molecule has 0 fully saturated rings. The second-order valence-corrected chi connectivity index (χ2v) is 5.17. The minimum atomic E-state index is -0.300. The average molecular weight is 300 g/mol. The van der Waals surface area contributed by atoms with Gasteiger partial charge in [0.05, 0.1) is 12.1 Å². The number of guanidine groups is 1. The van der Waals surface area contributed by atoms with Gasteiger partial charge in [0.25, 0.3) is 0 Å². The molecule has 1 aliphatic heterocycles. The number of nitrogens with zero attached hydrogens (tertiary/aromatic N) is 2. The van der Waals surface area contributed by atoms with Crippen molar-refractivity contribution >= 4 is 21.9 Å². The summed E-state index contributed by atoms with van der Waals surface area (Å²) in [6.45, 7) is 5.47. The lowest BCUT2D eigenvalue weighted by Gasteiger charge is -2.36. The summed E-state index contributed by atoms with van der Waals surface area (Å²) in [6.07, 6.45) is 0. The number of aliphatic imine (C=N–C) groups is 1. The second kappa shape index (κ2) is 4.29. The van der Waals surface area contributed by atoms with Crippen LogP contribution < -0.4 is 5.73 Å². The first-order chi connectivity index (χ1) is 7.99. The molecule has 1 aliphatic rings. The highest BCUT2D eigenvalue weighted by molar-refractivity contribution is 9.10. The van der Waals surface area contributed by atoms with Gasteiger partial charge in [-0.25, -0.2) is 4.39 Å². The Morgan fingerprint density at radius 3 is 2.88 bits per heavy atom. The Morgan fingerprint density at radius 2 is 2.29 bits per heavy atom. The molecule has 0 saturated carbocycles. The Bertz CT molecular complexity index is 475. The van der Waals surface area contributed by atoms with Gasteiger partial charge in [-0.05, 0) is 31.5 Å². The number of likely N-dealkylation sites (N-methyl/N-ethyl adjacent to an activating group) is 1. The largest absolute Gasteiger partial charge is 0.370 e. The highest BCUT2D eigenvalue weighted by Gasteiger charge is 2.39. The topological polar surface area (TPSA) is 41.6 Å². The molecular weight excluding hydrogens is 285 g/mol. The molecule has 2 N–H and O–H groups in total. The van der Waals surface area contributed by atoms with Gasteiger partial charge >= 0.3 is 0 Å². The van der Waals surface area contributed by atoms with E-state index in [-0.39, 0.29) is 11.4 Å². The molecule has 1 atom stereocenters. The van der Waals surface area contributed by atoms with Crippen LogP contribution in [0, 0.1) is 5.82 Å². The van der Waals surface area contributed by atoms with Crippen molar-refractivity contribution in [3.05, 3.63) is 34.1 Å². The Labute approximate surface area is 109 Å². The van der Waals surface area contributed by atoms with Crippen molar-refractivity contribution in [2.45, 2.75) is 19.4 Å². The molecule has 17 heavy (non-hydrogen) atoms. The number of halogens is 2. The van der Waals surface area contributed by atoms with Crippen LogP contribution in [-0.2, 0) is 5.54 Å². The first kappa shape index (κ1) is 12.4. The van der Waals surface area contributed by atoms with Crippen LogP contribution >= 0.6 is 15.9 Å². The molecule has 1 unspecified atom stereocenters. The molecule has 0 aliphatic carbocycles. The van der Waals surface area contributed by atoms with Crippen LogP contribution in [0.1, 0.15) is 19.4 Å². The molecule has 0 radical (unpaired) electrons. The standard InChI is InChI=1S/C12H15BrFN3/c1-3-17-11(15)16-7-12(17,2)9-5-4-8(14)6-10(9)13/h4-6H,3,7H2,1-2H3,(H2,15,16). The zero-order valence-corrected chi connectivity index (χ0v) is 11.5. The SMILES string of the molecule is CCN1C(N)=NCC1(C)c1ccc(F)cc1Br. The van der Waals surface area contributed by atoms with Crippen LogP contribution in [0.2, 0.25) is 0 Å². The maximum Gasteiger partial charge on any atom is 0.192 e. The van der Waals surface area contributed by atoms with Crippen LogP contribution in [0.25, 0.3) is 0 Å². The molecule has 0 bridgehead atoms. The van der Waals surface area contributed by atoms with Crippen molar-refractivity contribution in [2.75, 3.05) is 13.1 Å². The average Bonchev–Trinajstić information content (AvgIpc) is 2.55. The number of hydrogen-bond acceptors (Lipinski definition) is 3. The molecule has 92 valence electrons. The first-order valence-electron chi connectivity index (χ1n) is 5.52. The van der Waals surface area contributed by atoms with Gasteiger partial charge in [0.2, 0.25) is 0 Å². The van der Waals surface area contributed by atoms with Gasteiger partial charge in [0.15, 0.2) is 5.96 Å². The molecule has 0 amide bonds. The lowest BCUT2D eigenvalue weighted by molar-refractivity contribution is 0.233. The van der Waals surface area contributed by atoms with E-state index in [0.29, 0.717) is 12.5 Å². The zero-order chi connectivity index (χ0) is 12.6. The van der Waals surface area contributed by atoms with Crippen LogP contribution in [0.15, 0.2) is 27.7 Å². The molecular formula is C12H15BrFN3. The van der Waals surface area contributed by atoms with Gasteiger partial charge in [-0.1, -0.05) is 22.0 Å². The number of benzene rings is 1. The van der Waals surface area contributed by atoms with Crippen molar-refractivity contribution in [2.24, 2.45) is 10.7 Å². The second-order valence-electron chi connectivity index (χ2n) is 4.32. The fourth-order valence-corrected chi connectivity index (χ4v) is 3.10. The van der Waals surface area contributed by atoms with Gasteiger partial charge in [-0.2, -0.15) is 0 Å². The summed E-state index contributed by atoms with van der Waals surface area (Å²) < 4.78 is 13.9. The summed E-state index contributed by atoms with van der Waals surface area (Å²) in [5, 5.41) is 0. The summed E-state index contributed by atoms with van der Waals surface area (Å²) in [5.74, 6) is 0.297. The maximum absolute atomic E-state index is 13.1. The van der Waals surface area contributed by atoms with Crippen molar-refractivity contribution in [3.8, 4) is 0 Å². The lowest BCUT2D eigenvalue weighted by atomic mass is 9.91. The maximum atomic E-state index is 13.1. The van der Waals surface area contributed by atoms with E-state index in [1.165, 1.54) is 12.1 Å². The van der Waals surface area contributed by atoms with Crippen molar-refractivity contribution < 1.29 is 4.39 Å². The Hall–Kier alpha value is -1.10. The zero-order valence-electron chi connectivity index (χ0n) is 9.87. The third-order valence-electron chi connectivity index (χ3n) is 3.25. The molecule has 3 nitrogen and oxygen atoms in total. The molecule has 0 spiro atoms. The highest BCUT2D eigenvalue weighted by atomic mass is 79.9. The summed E-state index contributed by atoms with van der Waals surface area (Å²) in [6, 6.07) is 4.73. The van der Waals surface area contributed by atoms with Crippen LogP contribution in [0.5, 0.6) is 0 Å². The lowest BCUT2D eigenvalue weighted by Crippen LogP contribution is -2.47. The minimum Gasteiger partial charge on any atom is -0.370 e. The number of hydrogen-bond donors (Lipinski definition) is 1. The van der Waals surface area contributed by atoms with E-state index in [0.717, 1.165) is 16.6 Å². The quantitative estimate of drug-likeness (QED) is 0.911. The normalized spacial score (nSPS) is 24.0. The van der Waals surface area contributed by atoms with Crippen LogP contribution in [0.4, 0.5) is 4.39 Å². The van der Waals surface area contributed by atoms with Gasteiger partial charge in [-0.15, -0.1) is 0 Å². The van der Waals surface area contributed by atoms with Gasteiger partial charge < -0.3 is 10.6 Å². The van der Waals surface area contributed by atoms with E-state index in [2.05, 4.69) is 27.8 Å². The minimum absolute atomic E-state index is 0.251. The van der Waals surface area contributed by atoms with Crippen LogP contribution in [0.3, 0.4) is 0 Å². The Balaban J connectivity index is 2.46. The predicted octanol–water partition coefficient (Wildman–Crippen LogP) is 2.45. The molecule has 1 aromatic rings. The van der Waals surface area contributed by atoms with Gasteiger partial charge in [-0.3, -0.25) is 4.99 Å². The van der Waals surface area contributed by atoms with Crippen LogP contribution in [-0.4, -0.2) is 23.9 Å². The predicted molar refractivity (Wildman–Crippen MR) is 70.3 cm³/mol. The van der Waals surface area contributed by atoms with E-state index < -0.39 is 0 Å². The monoisotopic (exact) mass is 299 g/mol. The van der Waals surface area contributed by atoms with E-state index >= 15 is 0 Å². The third kappa shape index (κ3) is 1.92. The number of nitrogens with two attached hydrogens (primary N) is 1. The first-order valence-corrected chi connectivity index (χ1v) is 6.31. The van der Waals surface area contributed by atoms with Crippen molar-refractivity contribution in [1.29, 1.82) is 0 Å². The molecule has 1 aromatic carbocycles. The van der Waals surface area contributed by atoms with E-state index in [9.17, 15) is 4.39 Å². The fourth-order valence-electron chi connectivity index (χ4n) is 2.33. The smallest absolute Gasteiger partial charge is 0.192 e. The molecule has 5 heteroatoms. The fraction of sp³-hybridized carbons (Fsp3) is 0.417.